The Hall–Kier alpha value is -3.01. The molecule has 3 heterocycles. The summed E-state index contributed by atoms with van der Waals surface area (Å²) in [6.45, 7) is 0.994. The highest BCUT2D eigenvalue weighted by molar-refractivity contribution is 7.14. The third-order valence-corrected chi connectivity index (χ3v) is 5.22. The molecule has 3 rings (SSSR count). The molecule has 0 aromatic carbocycles. The summed E-state index contributed by atoms with van der Waals surface area (Å²) >= 11 is 1.18. The highest BCUT2D eigenvalue weighted by Crippen LogP contribution is 2.20. The van der Waals surface area contributed by atoms with Crippen molar-refractivity contribution in [3.05, 3.63) is 45.3 Å². The first kappa shape index (κ1) is 18.8. The SMILES string of the molecule is NC(=O)C1CCN(C(=O)Cc2csc(NC(=O)c3ccc[nH]c3=O)n2)CC1. The number of anilines is 1. The minimum atomic E-state index is -0.558. The number of nitrogens with zero attached hydrogens (tertiary/aromatic N) is 2. The Morgan fingerprint density at radius 2 is 2.07 bits per heavy atom. The second kappa shape index (κ2) is 8.12. The van der Waals surface area contributed by atoms with Crippen molar-refractivity contribution in [1.82, 2.24) is 14.9 Å². The van der Waals surface area contributed by atoms with Crippen LogP contribution in [0.25, 0.3) is 0 Å². The molecule has 0 bridgehead atoms. The lowest BCUT2D eigenvalue weighted by molar-refractivity contribution is -0.134. The third kappa shape index (κ3) is 4.59. The lowest BCUT2D eigenvalue weighted by atomic mass is 9.96. The number of nitrogens with one attached hydrogen (secondary N) is 2. The van der Waals surface area contributed by atoms with Gasteiger partial charge in [0.25, 0.3) is 11.5 Å². The topological polar surface area (TPSA) is 138 Å². The van der Waals surface area contributed by atoms with E-state index in [9.17, 15) is 19.2 Å². The van der Waals surface area contributed by atoms with Crippen LogP contribution >= 0.6 is 11.3 Å². The second-order valence-corrected chi connectivity index (χ2v) is 7.10. The van der Waals surface area contributed by atoms with Crippen molar-refractivity contribution >= 4 is 34.2 Å². The molecule has 3 amide bonds. The molecule has 10 heteroatoms. The summed E-state index contributed by atoms with van der Waals surface area (Å²) in [5.41, 5.74) is 5.34. The molecule has 0 spiro atoms. The van der Waals surface area contributed by atoms with Crippen molar-refractivity contribution in [2.24, 2.45) is 11.7 Å². The van der Waals surface area contributed by atoms with Crippen LogP contribution in [0.1, 0.15) is 28.9 Å². The Morgan fingerprint density at radius 3 is 2.74 bits per heavy atom. The van der Waals surface area contributed by atoms with E-state index in [1.54, 1.807) is 16.3 Å². The summed E-state index contributed by atoms with van der Waals surface area (Å²) in [6.07, 6.45) is 2.70. The maximum atomic E-state index is 12.4. The Morgan fingerprint density at radius 1 is 1.33 bits per heavy atom. The van der Waals surface area contributed by atoms with Gasteiger partial charge in [-0.05, 0) is 25.0 Å². The van der Waals surface area contributed by atoms with Crippen LogP contribution in [0.15, 0.2) is 28.5 Å². The van der Waals surface area contributed by atoms with Crippen LogP contribution in [0.4, 0.5) is 5.13 Å². The van der Waals surface area contributed by atoms with E-state index in [4.69, 9.17) is 5.73 Å². The molecule has 1 fully saturated rings. The molecule has 4 N–H and O–H groups in total. The fraction of sp³-hybridized carbons (Fsp3) is 0.353. The number of aromatic amines is 1. The van der Waals surface area contributed by atoms with Gasteiger partial charge in [-0.3, -0.25) is 24.5 Å². The Kier molecular flexibility index (Phi) is 5.65. The summed E-state index contributed by atoms with van der Waals surface area (Å²) in [6, 6.07) is 2.98. The summed E-state index contributed by atoms with van der Waals surface area (Å²) in [7, 11) is 0. The molecular formula is C17H19N5O4S. The number of hydrogen-bond donors (Lipinski definition) is 3. The number of carbonyl (C=O) groups excluding carboxylic acids is 3. The molecule has 0 aliphatic carbocycles. The van der Waals surface area contributed by atoms with Crippen LogP contribution in [0.3, 0.4) is 0 Å². The molecule has 0 unspecified atom stereocenters. The number of carbonyl (C=O) groups is 3. The monoisotopic (exact) mass is 389 g/mol. The number of likely N-dealkylation sites (tertiary alicyclic amines) is 1. The maximum absolute atomic E-state index is 12.4. The van der Waals surface area contributed by atoms with E-state index < -0.39 is 11.5 Å². The van der Waals surface area contributed by atoms with Crippen LogP contribution < -0.4 is 16.6 Å². The van der Waals surface area contributed by atoms with Gasteiger partial charge >= 0.3 is 0 Å². The maximum Gasteiger partial charge on any atom is 0.263 e. The fourth-order valence-electron chi connectivity index (χ4n) is 2.89. The molecule has 2 aromatic rings. The van der Waals surface area contributed by atoms with Gasteiger partial charge in [0.1, 0.15) is 5.56 Å². The van der Waals surface area contributed by atoms with Gasteiger partial charge in [0.2, 0.25) is 11.8 Å². The van der Waals surface area contributed by atoms with Crippen LogP contribution in [-0.4, -0.2) is 45.7 Å². The average Bonchev–Trinajstić information content (AvgIpc) is 3.08. The van der Waals surface area contributed by atoms with E-state index in [-0.39, 0.29) is 29.7 Å². The highest BCUT2D eigenvalue weighted by Gasteiger charge is 2.26. The first-order valence-corrected chi connectivity index (χ1v) is 9.32. The van der Waals surface area contributed by atoms with Crippen LogP contribution in [0, 0.1) is 5.92 Å². The highest BCUT2D eigenvalue weighted by atomic mass is 32.1. The van der Waals surface area contributed by atoms with E-state index in [1.165, 1.54) is 23.6 Å². The largest absolute Gasteiger partial charge is 0.369 e. The normalized spacial score (nSPS) is 14.7. The molecule has 27 heavy (non-hydrogen) atoms. The average molecular weight is 389 g/mol. The standard InChI is InChI=1S/C17H19N5O4S/c18-14(24)10-3-6-22(7-4-10)13(23)8-11-9-27-17(20-11)21-16(26)12-2-1-5-19-15(12)25/h1-2,5,9-10H,3-4,6-8H2,(H2,18,24)(H,19,25)(H,20,21,26). The van der Waals surface area contributed by atoms with Gasteiger partial charge in [0.15, 0.2) is 5.13 Å². The van der Waals surface area contributed by atoms with E-state index in [0.717, 1.165) is 0 Å². The summed E-state index contributed by atoms with van der Waals surface area (Å²) in [4.78, 5) is 55.7. The molecule has 1 aliphatic rings. The molecule has 0 atom stereocenters. The Labute approximate surface area is 158 Å². The molecule has 0 saturated carbocycles. The smallest absolute Gasteiger partial charge is 0.263 e. The van der Waals surface area contributed by atoms with Gasteiger partial charge in [-0.15, -0.1) is 11.3 Å². The zero-order chi connectivity index (χ0) is 19.4. The Balaban J connectivity index is 1.56. The van der Waals surface area contributed by atoms with E-state index in [2.05, 4.69) is 15.3 Å². The number of aromatic nitrogens is 2. The molecule has 1 aliphatic heterocycles. The number of thiazole rings is 1. The fourth-order valence-corrected chi connectivity index (χ4v) is 3.60. The molecule has 142 valence electrons. The number of amides is 3. The molecule has 9 nitrogen and oxygen atoms in total. The van der Waals surface area contributed by atoms with Gasteiger partial charge in [0.05, 0.1) is 12.1 Å². The lowest BCUT2D eigenvalue weighted by Gasteiger charge is -2.30. The third-order valence-electron chi connectivity index (χ3n) is 4.42. The summed E-state index contributed by atoms with van der Waals surface area (Å²) < 4.78 is 0. The van der Waals surface area contributed by atoms with E-state index in [1.807, 2.05) is 0 Å². The number of rotatable bonds is 5. The van der Waals surface area contributed by atoms with Crippen molar-refractivity contribution < 1.29 is 14.4 Å². The minimum absolute atomic E-state index is 0.0114. The van der Waals surface area contributed by atoms with Crippen molar-refractivity contribution in [2.45, 2.75) is 19.3 Å². The first-order chi connectivity index (χ1) is 12.9. The van der Waals surface area contributed by atoms with Gasteiger partial charge in [-0.2, -0.15) is 0 Å². The minimum Gasteiger partial charge on any atom is -0.369 e. The van der Waals surface area contributed by atoms with Crippen molar-refractivity contribution in [3.63, 3.8) is 0 Å². The molecule has 0 radical (unpaired) electrons. The summed E-state index contributed by atoms with van der Waals surface area (Å²) in [5.74, 6) is -1.13. The number of hydrogen-bond acceptors (Lipinski definition) is 6. The number of primary amides is 1. The zero-order valence-corrected chi connectivity index (χ0v) is 15.3. The second-order valence-electron chi connectivity index (χ2n) is 6.25. The first-order valence-electron chi connectivity index (χ1n) is 8.44. The zero-order valence-electron chi connectivity index (χ0n) is 14.4. The van der Waals surface area contributed by atoms with Gasteiger partial charge in [0, 0.05) is 30.6 Å². The molecule has 2 aromatic heterocycles. The molecular weight excluding hydrogens is 370 g/mol. The number of nitrogens with two attached hydrogens (primary N) is 1. The molecule has 1 saturated heterocycles. The van der Waals surface area contributed by atoms with Crippen LogP contribution in [0.5, 0.6) is 0 Å². The number of H-pyrrole nitrogens is 1. The van der Waals surface area contributed by atoms with E-state index >= 15 is 0 Å². The Bertz CT molecular complexity index is 914. The van der Waals surface area contributed by atoms with Gasteiger partial charge in [-0.1, -0.05) is 0 Å². The van der Waals surface area contributed by atoms with E-state index in [0.29, 0.717) is 36.8 Å². The summed E-state index contributed by atoms with van der Waals surface area (Å²) in [5, 5.41) is 4.57. The number of piperidine rings is 1. The predicted octanol–water partition coefficient (Wildman–Crippen LogP) is 0.350. The predicted molar refractivity (Wildman–Crippen MR) is 99.3 cm³/mol. The van der Waals surface area contributed by atoms with Crippen molar-refractivity contribution in [2.75, 3.05) is 18.4 Å². The van der Waals surface area contributed by atoms with Gasteiger partial charge in [-0.25, -0.2) is 4.98 Å². The van der Waals surface area contributed by atoms with Crippen molar-refractivity contribution in [1.29, 1.82) is 0 Å². The van der Waals surface area contributed by atoms with Crippen LogP contribution in [-0.2, 0) is 16.0 Å². The van der Waals surface area contributed by atoms with Crippen LogP contribution in [0.2, 0.25) is 0 Å². The van der Waals surface area contributed by atoms with Crippen molar-refractivity contribution in [3.8, 4) is 0 Å². The number of pyridine rings is 1. The lowest BCUT2D eigenvalue weighted by Crippen LogP contribution is -2.42. The quantitative estimate of drug-likeness (QED) is 0.677. The van der Waals surface area contributed by atoms with Gasteiger partial charge < -0.3 is 15.6 Å².